The third-order valence-corrected chi connectivity index (χ3v) is 3.48. The van der Waals surface area contributed by atoms with E-state index >= 15 is 0 Å². The zero-order chi connectivity index (χ0) is 16.4. The van der Waals surface area contributed by atoms with E-state index in [4.69, 9.17) is 4.74 Å². The molecule has 0 bridgehead atoms. The molecule has 0 heterocycles. The molecule has 1 aromatic rings. The number of unbranched alkanes of at least 4 members (excludes halogenated alkanes) is 1. The SMILES string of the molecule is CCN(Cc1ccccc1NC(=O)CCCCOC)C(C)=O. The van der Waals surface area contributed by atoms with Gasteiger partial charge < -0.3 is 15.0 Å². The number of anilines is 1. The highest BCUT2D eigenvalue weighted by atomic mass is 16.5. The summed E-state index contributed by atoms with van der Waals surface area (Å²) in [7, 11) is 1.66. The molecule has 5 nitrogen and oxygen atoms in total. The molecule has 5 heteroatoms. The average molecular weight is 306 g/mol. The predicted molar refractivity (Wildman–Crippen MR) is 87.6 cm³/mol. The van der Waals surface area contributed by atoms with Crippen molar-refractivity contribution in [2.24, 2.45) is 0 Å². The van der Waals surface area contributed by atoms with Crippen LogP contribution in [0.4, 0.5) is 5.69 Å². The molecule has 0 radical (unpaired) electrons. The molecule has 0 aromatic heterocycles. The first-order valence-electron chi connectivity index (χ1n) is 7.70. The molecule has 1 aromatic carbocycles. The van der Waals surface area contributed by atoms with Crippen LogP contribution in [0.3, 0.4) is 0 Å². The molecule has 2 amide bonds. The fourth-order valence-electron chi connectivity index (χ4n) is 2.18. The fourth-order valence-corrected chi connectivity index (χ4v) is 2.18. The van der Waals surface area contributed by atoms with Gasteiger partial charge in [-0.2, -0.15) is 0 Å². The second-order valence-corrected chi connectivity index (χ2v) is 5.19. The zero-order valence-corrected chi connectivity index (χ0v) is 13.7. The molecular formula is C17H26N2O3. The summed E-state index contributed by atoms with van der Waals surface area (Å²) >= 11 is 0. The first-order chi connectivity index (χ1) is 10.6. The first-order valence-corrected chi connectivity index (χ1v) is 7.70. The van der Waals surface area contributed by atoms with E-state index in [1.54, 1.807) is 18.9 Å². The summed E-state index contributed by atoms with van der Waals surface area (Å²) in [5.74, 6) is 0.0256. The smallest absolute Gasteiger partial charge is 0.224 e. The third kappa shape index (κ3) is 6.26. The van der Waals surface area contributed by atoms with Crippen LogP contribution in [0.1, 0.15) is 38.7 Å². The number of ether oxygens (including phenoxy) is 1. The summed E-state index contributed by atoms with van der Waals surface area (Å²) in [6.45, 7) is 5.33. The highest BCUT2D eigenvalue weighted by Crippen LogP contribution is 2.18. The Balaban J connectivity index is 2.63. The van der Waals surface area contributed by atoms with Crippen LogP contribution in [0, 0.1) is 0 Å². The maximum Gasteiger partial charge on any atom is 0.224 e. The molecule has 0 atom stereocenters. The predicted octanol–water partition coefficient (Wildman–Crippen LogP) is 2.81. The largest absolute Gasteiger partial charge is 0.385 e. The van der Waals surface area contributed by atoms with Crippen molar-refractivity contribution in [3.8, 4) is 0 Å². The number of nitrogens with one attached hydrogen (secondary N) is 1. The zero-order valence-electron chi connectivity index (χ0n) is 13.7. The van der Waals surface area contributed by atoms with Gasteiger partial charge in [-0.1, -0.05) is 18.2 Å². The van der Waals surface area contributed by atoms with E-state index in [2.05, 4.69) is 5.32 Å². The number of para-hydroxylation sites is 1. The highest BCUT2D eigenvalue weighted by Gasteiger charge is 2.11. The van der Waals surface area contributed by atoms with Crippen molar-refractivity contribution < 1.29 is 14.3 Å². The lowest BCUT2D eigenvalue weighted by molar-refractivity contribution is -0.129. The Hall–Kier alpha value is -1.88. The van der Waals surface area contributed by atoms with Crippen LogP contribution in [-0.4, -0.2) is 37.0 Å². The van der Waals surface area contributed by atoms with E-state index in [9.17, 15) is 9.59 Å². The molecule has 0 spiro atoms. The van der Waals surface area contributed by atoms with Crippen LogP contribution in [-0.2, 0) is 20.9 Å². The molecule has 1 N–H and O–H groups in total. The normalized spacial score (nSPS) is 10.3. The highest BCUT2D eigenvalue weighted by molar-refractivity contribution is 5.91. The molecule has 0 saturated heterocycles. The van der Waals surface area contributed by atoms with Gasteiger partial charge in [0.1, 0.15) is 0 Å². The van der Waals surface area contributed by atoms with E-state index in [0.29, 0.717) is 26.1 Å². The summed E-state index contributed by atoms with van der Waals surface area (Å²) in [5, 5.41) is 2.94. The Morgan fingerprint density at radius 3 is 2.59 bits per heavy atom. The number of benzene rings is 1. The van der Waals surface area contributed by atoms with Gasteiger partial charge in [0.15, 0.2) is 0 Å². The van der Waals surface area contributed by atoms with E-state index in [1.807, 2.05) is 31.2 Å². The average Bonchev–Trinajstić information content (AvgIpc) is 2.50. The third-order valence-electron chi connectivity index (χ3n) is 3.48. The lowest BCUT2D eigenvalue weighted by Crippen LogP contribution is -2.28. The minimum atomic E-state index is -0.00516. The van der Waals surface area contributed by atoms with E-state index in [1.165, 1.54) is 0 Å². The maximum absolute atomic E-state index is 12.0. The van der Waals surface area contributed by atoms with E-state index < -0.39 is 0 Å². The monoisotopic (exact) mass is 306 g/mol. The van der Waals surface area contributed by atoms with Crippen molar-refractivity contribution in [3.63, 3.8) is 0 Å². The number of methoxy groups -OCH3 is 1. The molecular weight excluding hydrogens is 280 g/mol. The van der Waals surface area contributed by atoms with Crippen molar-refractivity contribution in [3.05, 3.63) is 29.8 Å². The van der Waals surface area contributed by atoms with Gasteiger partial charge in [0.05, 0.1) is 0 Å². The van der Waals surface area contributed by atoms with Crippen molar-refractivity contribution in [1.82, 2.24) is 4.90 Å². The quantitative estimate of drug-likeness (QED) is 0.714. The van der Waals surface area contributed by atoms with Gasteiger partial charge in [0, 0.05) is 45.8 Å². The number of amides is 2. The second-order valence-electron chi connectivity index (χ2n) is 5.19. The number of rotatable bonds is 9. The van der Waals surface area contributed by atoms with Crippen LogP contribution in [0.25, 0.3) is 0 Å². The Morgan fingerprint density at radius 1 is 1.23 bits per heavy atom. The minimum absolute atomic E-state index is 0.00516. The fraction of sp³-hybridized carbons (Fsp3) is 0.529. The van der Waals surface area contributed by atoms with Gasteiger partial charge in [-0.05, 0) is 31.4 Å². The van der Waals surface area contributed by atoms with Crippen molar-refractivity contribution in [2.45, 2.75) is 39.7 Å². The molecule has 0 fully saturated rings. The van der Waals surface area contributed by atoms with Crippen LogP contribution in [0.5, 0.6) is 0 Å². The molecule has 22 heavy (non-hydrogen) atoms. The van der Waals surface area contributed by atoms with E-state index in [0.717, 1.165) is 24.1 Å². The van der Waals surface area contributed by atoms with Gasteiger partial charge in [0.2, 0.25) is 11.8 Å². The van der Waals surface area contributed by atoms with E-state index in [-0.39, 0.29) is 11.8 Å². The van der Waals surface area contributed by atoms with Gasteiger partial charge >= 0.3 is 0 Å². The Kier molecular flexibility index (Phi) is 8.22. The lowest BCUT2D eigenvalue weighted by Gasteiger charge is -2.21. The van der Waals surface area contributed by atoms with Crippen LogP contribution in [0.15, 0.2) is 24.3 Å². The molecule has 0 aliphatic rings. The molecule has 122 valence electrons. The Bertz CT molecular complexity index is 489. The second kappa shape index (κ2) is 9.95. The number of carbonyl (C=O) groups is 2. The standard InChI is InChI=1S/C17H26N2O3/c1-4-19(14(2)20)13-15-9-5-6-10-16(15)18-17(21)11-7-8-12-22-3/h5-6,9-10H,4,7-8,11-13H2,1-3H3,(H,18,21). The molecule has 0 saturated carbocycles. The Labute approximate surface area is 132 Å². The van der Waals surface area contributed by atoms with Gasteiger partial charge in [0.25, 0.3) is 0 Å². The maximum atomic E-state index is 12.0. The van der Waals surface area contributed by atoms with Gasteiger partial charge in [-0.3, -0.25) is 9.59 Å². The summed E-state index contributed by atoms with van der Waals surface area (Å²) < 4.78 is 4.97. The lowest BCUT2D eigenvalue weighted by atomic mass is 10.1. The number of nitrogens with zero attached hydrogens (tertiary/aromatic N) is 1. The molecule has 0 unspecified atom stereocenters. The number of hydrogen-bond acceptors (Lipinski definition) is 3. The van der Waals surface area contributed by atoms with Crippen molar-refractivity contribution >= 4 is 17.5 Å². The van der Waals surface area contributed by atoms with Gasteiger partial charge in [-0.25, -0.2) is 0 Å². The van der Waals surface area contributed by atoms with Crippen LogP contribution < -0.4 is 5.32 Å². The number of hydrogen-bond donors (Lipinski definition) is 1. The molecule has 1 rings (SSSR count). The van der Waals surface area contributed by atoms with Crippen molar-refractivity contribution in [2.75, 3.05) is 25.6 Å². The summed E-state index contributed by atoms with van der Waals surface area (Å²) in [5.41, 5.74) is 1.73. The first kappa shape index (κ1) is 18.2. The van der Waals surface area contributed by atoms with Crippen LogP contribution >= 0.6 is 0 Å². The topological polar surface area (TPSA) is 58.6 Å². The Morgan fingerprint density at radius 2 is 1.95 bits per heavy atom. The summed E-state index contributed by atoms with van der Waals surface area (Å²) in [6.07, 6.45) is 2.15. The molecule has 0 aliphatic carbocycles. The van der Waals surface area contributed by atoms with Gasteiger partial charge in [-0.15, -0.1) is 0 Å². The summed E-state index contributed by atoms with van der Waals surface area (Å²) in [6, 6.07) is 7.61. The van der Waals surface area contributed by atoms with Crippen molar-refractivity contribution in [1.29, 1.82) is 0 Å². The summed E-state index contributed by atoms with van der Waals surface area (Å²) in [4.78, 5) is 25.3. The molecule has 0 aliphatic heterocycles. The minimum Gasteiger partial charge on any atom is -0.385 e. The van der Waals surface area contributed by atoms with Crippen LogP contribution in [0.2, 0.25) is 0 Å². The number of carbonyl (C=O) groups excluding carboxylic acids is 2.